The van der Waals surface area contributed by atoms with E-state index in [2.05, 4.69) is 10.6 Å². The van der Waals surface area contributed by atoms with E-state index in [-0.39, 0.29) is 12.6 Å². The Morgan fingerprint density at radius 2 is 1.90 bits per heavy atom. The Morgan fingerprint density at radius 3 is 2.45 bits per heavy atom. The molecule has 0 saturated heterocycles. The molecule has 1 aromatic carbocycles. The number of nitrogens with one attached hydrogen (secondary N) is 2. The van der Waals surface area contributed by atoms with Crippen molar-refractivity contribution in [2.45, 2.75) is 25.1 Å². The van der Waals surface area contributed by atoms with Gasteiger partial charge < -0.3 is 10.6 Å². The fraction of sp³-hybridized carbons (Fsp3) is 0.500. The first kappa shape index (κ1) is 14.8. The van der Waals surface area contributed by atoms with Crippen molar-refractivity contribution in [3.05, 3.63) is 35.9 Å². The molecule has 0 spiro atoms. The van der Waals surface area contributed by atoms with Crippen molar-refractivity contribution >= 4 is 5.91 Å². The molecular formula is C14H17F3N2O. The lowest BCUT2D eigenvalue weighted by molar-refractivity contribution is -0.128. The number of carbonyl (C=O) groups is 1. The zero-order valence-corrected chi connectivity index (χ0v) is 10.9. The summed E-state index contributed by atoms with van der Waals surface area (Å²) < 4.78 is 35.9. The molecule has 20 heavy (non-hydrogen) atoms. The van der Waals surface area contributed by atoms with E-state index in [0.717, 1.165) is 18.4 Å². The molecule has 0 heterocycles. The summed E-state index contributed by atoms with van der Waals surface area (Å²) in [5, 5.41) is 4.92. The average Bonchev–Trinajstić information content (AvgIpc) is 3.20. The van der Waals surface area contributed by atoms with Crippen LogP contribution in [0.1, 0.15) is 24.4 Å². The second kappa shape index (κ2) is 6.26. The first-order chi connectivity index (χ1) is 9.46. The Labute approximate surface area is 115 Å². The van der Waals surface area contributed by atoms with Crippen LogP contribution in [0.2, 0.25) is 0 Å². The molecular weight excluding hydrogens is 269 g/mol. The number of hydrogen-bond acceptors (Lipinski definition) is 2. The van der Waals surface area contributed by atoms with Gasteiger partial charge in [0.1, 0.15) is 0 Å². The highest BCUT2D eigenvalue weighted by Crippen LogP contribution is 2.40. The summed E-state index contributed by atoms with van der Waals surface area (Å²) in [6.07, 6.45) is -2.22. The van der Waals surface area contributed by atoms with Gasteiger partial charge in [-0.05, 0) is 24.3 Å². The molecule has 2 N–H and O–H groups in total. The summed E-state index contributed by atoms with van der Waals surface area (Å²) in [7, 11) is 0. The maximum absolute atomic E-state index is 12.0. The number of halogens is 3. The first-order valence-electron chi connectivity index (χ1n) is 6.57. The monoisotopic (exact) mass is 286 g/mol. The Balaban J connectivity index is 1.85. The maximum Gasteiger partial charge on any atom is 0.401 e. The summed E-state index contributed by atoms with van der Waals surface area (Å²) >= 11 is 0. The molecule has 1 fully saturated rings. The van der Waals surface area contributed by atoms with Crippen molar-refractivity contribution in [3.63, 3.8) is 0 Å². The number of benzene rings is 1. The molecule has 0 aromatic heterocycles. The molecule has 1 aliphatic rings. The van der Waals surface area contributed by atoms with Gasteiger partial charge in [-0.25, -0.2) is 0 Å². The van der Waals surface area contributed by atoms with Gasteiger partial charge >= 0.3 is 6.18 Å². The minimum Gasteiger partial charge on any atom is -0.348 e. The van der Waals surface area contributed by atoms with E-state index in [0.29, 0.717) is 5.92 Å². The Bertz CT molecular complexity index is 443. The van der Waals surface area contributed by atoms with Crippen LogP contribution in [0.5, 0.6) is 0 Å². The predicted octanol–water partition coefficient (Wildman–Crippen LogP) is 2.41. The normalized spacial score (nSPS) is 16.8. The second-order valence-corrected chi connectivity index (χ2v) is 5.01. The maximum atomic E-state index is 12.0. The summed E-state index contributed by atoms with van der Waals surface area (Å²) in [6, 6.07) is 9.41. The molecule has 1 amide bonds. The SMILES string of the molecule is O=C(CNCC(F)(F)F)NC(c1ccccc1)C1CC1. The summed E-state index contributed by atoms with van der Waals surface area (Å²) in [4.78, 5) is 11.7. The largest absolute Gasteiger partial charge is 0.401 e. The number of alkyl halides is 3. The highest BCUT2D eigenvalue weighted by molar-refractivity contribution is 5.78. The van der Waals surface area contributed by atoms with Gasteiger partial charge in [0, 0.05) is 0 Å². The lowest BCUT2D eigenvalue weighted by atomic mass is 10.0. The highest BCUT2D eigenvalue weighted by Gasteiger charge is 2.33. The predicted molar refractivity (Wildman–Crippen MR) is 69.0 cm³/mol. The number of carbonyl (C=O) groups excluding carboxylic acids is 1. The standard InChI is InChI=1S/C14H17F3N2O/c15-14(16,17)9-18-8-12(20)19-13(11-6-7-11)10-4-2-1-3-5-10/h1-5,11,13,18H,6-9H2,(H,19,20). The molecule has 6 heteroatoms. The molecule has 1 aromatic rings. The van der Waals surface area contributed by atoms with Gasteiger partial charge in [0.25, 0.3) is 0 Å². The molecule has 0 bridgehead atoms. The summed E-state index contributed by atoms with van der Waals surface area (Å²) in [6.45, 7) is -1.48. The van der Waals surface area contributed by atoms with Gasteiger partial charge in [0.2, 0.25) is 5.91 Å². The van der Waals surface area contributed by atoms with Crippen molar-refractivity contribution in [1.29, 1.82) is 0 Å². The molecule has 1 atom stereocenters. The fourth-order valence-corrected chi connectivity index (χ4v) is 2.11. The number of hydrogen-bond donors (Lipinski definition) is 2. The number of rotatable bonds is 6. The topological polar surface area (TPSA) is 41.1 Å². The molecule has 1 saturated carbocycles. The molecule has 3 nitrogen and oxygen atoms in total. The van der Waals surface area contributed by atoms with E-state index < -0.39 is 18.6 Å². The summed E-state index contributed by atoms with van der Waals surface area (Å²) in [5.74, 6) is -0.0148. The lowest BCUT2D eigenvalue weighted by Gasteiger charge is -2.19. The van der Waals surface area contributed by atoms with Crippen LogP contribution < -0.4 is 10.6 Å². The lowest BCUT2D eigenvalue weighted by Crippen LogP contribution is -2.40. The third-order valence-corrected chi connectivity index (χ3v) is 3.18. The van der Waals surface area contributed by atoms with Crippen molar-refractivity contribution < 1.29 is 18.0 Å². The first-order valence-corrected chi connectivity index (χ1v) is 6.57. The van der Waals surface area contributed by atoms with Crippen molar-refractivity contribution in [3.8, 4) is 0 Å². The van der Waals surface area contributed by atoms with Crippen LogP contribution in [-0.2, 0) is 4.79 Å². The van der Waals surface area contributed by atoms with Crippen LogP contribution in [0, 0.1) is 5.92 Å². The van der Waals surface area contributed by atoms with Gasteiger partial charge in [-0.1, -0.05) is 30.3 Å². The van der Waals surface area contributed by atoms with Crippen LogP contribution in [0.4, 0.5) is 13.2 Å². The van der Waals surface area contributed by atoms with Gasteiger partial charge in [0.15, 0.2) is 0 Å². The van der Waals surface area contributed by atoms with Crippen molar-refractivity contribution in [2.75, 3.05) is 13.1 Å². The van der Waals surface area contributed by atoms with Gasteiger partial charge in [-0.15, -0.1) is 0 Å². The fourth-order valence-electron chi connectivity index (χ4n) is 2.11. The van der Waals surface area contributed by atoms with Crippen molar-refractivity contribution in [2.24, 2.45) is 5.92 Å². The highest BCUT2D eigenvalue weighted by atomic mass is 19.4. The van der Waals surface area contributed by atoms with E-state index >= 15 is 0 Å². The molecule has 1 unspecified atom stereocenters. The average molecular weight is 286 g/mol. The smallest absolute Gasteiger partial charge is 0.348 e. The Kier molecular flexibility index (Phi) is 4.65. The molecule has 0 radical (unpaired) electrons. The minimum absolute atomic E-state index is 0.101. The van der Waals surface area contributed by atoms with Crippen LogP contribution in [0.15, 0.2) is 30.3 Å². The van der Waals surface area contributed by atoms with Gasteiger partial charge in [0.05, 0.1) is 19.1 Å². The Morgan fingerprint density at radius 1 is 1.25 bits per heavy atom. The van der Waals surface area contributed by atoms with E-state index in [4.69, 9.17) is 0 Å². The van der Waals surface area contributed by atoms with Crippen molar-refractivity contribution in [1.82, 2.24) is 10.6 Å². The van der Waals surface area contributed by atoms with Crippen LogP contribution in [0.25, 0.3) is 0 Å². The van der Waals surface area contributed by atoms with Gasteiger partial charge in [-0.2, -0.15) is 13.2 Å². The second-order valence-electron chi connectivity index (χ2n) is 5.01. The van der Waals surface area contributed by atoms with Gasteiger partial charge in [-0.3, -0.25) is 4.79 Å². The number of amides is 1. The van der Waals surface area contributed by atoms with Crippen LogP contribution >= 0.6 is 0 Å². The zero-order valence-electron chi connectivity index (χ0n) is 10.9. The zero-order chi connectivity index (χ0) is 14.6. The summed E-state index contributed by atoms with van der Waals surface area (Å²) in [5.41, 5.74) is 0.999. The van der Waals surface area contributed by atoms with E-state index in [1.807, 2.05) is 30.3 Å². The van der Waals surface area contributed by atoms with Crippen LogP contribution in [-0.4, -0.2) is 25.2 Å². The minimum atomic E-state index is -4.30. The molecule has 0 aliphatic heterocycles. The molecule has 1 aliphatic carbocycles. The third-order valence-electron chi connectivity index (χ3n) is 3.18. The molecule has 110 valence electrons. The van der Waals surface area contributed by atoms with E-state index in [1.165, 1.54) is 0 Å². The van der Waals surface area contributed by atoms with E-state index in [1.54, 1.807) is 0 Å². The van der Waals surface area contributed by atoms with Crippen LogP contribution in [0.3, 0.4) is 0 Å². The third kappa shape index (κ3) is 4.85. The van der Waals surface area contributed by atoms with E-state index in [9.17, 15) is 18.0 Å². The Hall–Kier alpha value is -1.56. The quantitative estimate of drug-likeness (QED) is 0.843. The molecule has 2 rings (SSSR count).